The van der Waals surface area contributed by atoms with E-state index in [-0.39, 0.29) is 25.7 Å². The molecule has 5 atom stereocenters. The predicted octanol–water partition coefficient (Wildman–Crippen LogP) is 21.1. The van der Waals surface area contributed by atoms with Crippen molar-refractivity contribution in [1.29, 1.82) is 0 Å². The molecule has 540 valence electrons. The Balaban J connectivity index is 5.14. The highest BCUT2D eigenvalue weighted by molar-refractivity contribution is 7.47. The molecule has 0 aromatic heterocycles. The van der Waals surface area contributed by atoms with Gasteiger partial charge in [0.2, 0.25) is 0 Å². The molecule has 0 aromatic carbocycles. The summed E-state index contributed by atoms with van der Waals surface area (Å²) in [5.74, 6) is -2.13. The highest BCUT2D eigenvalue weighted by atomic mass is 31.2. The third kappa shape index (κ3) is 66.5. The fraction of sp³-hybridized carbons (Fsp3) is 0.944. The number of ether oxygens (including phenoxy) is 4. The molecule has 91 heavy (non-hydrogen) atoms. The van der Waals surface area contributed by atoms with Gasteiger partial charge in [0.25, 0.3) is 0 Å². The zero-order valence-electron chi connectivity index (χ0n) is 58.8. The van der Waals surface area contributed by atoms with Crippen molar-refractivity contribution >= 4 is 39.5 Å². The van der Waals surface area contributed by atoms with Crippen LogP contribution in [0.5, 0.6) is 0 Å². The summed E-state index contributed by atoms with van der Waals surface area (Å²) in [6, 6.07) is 0. The van der Waals surface area contributed by atoms with Crippen LogP contribution in [0.1, 0.15) is 381 Å². The largest absolute Gasteiger partial charge is 0.472 e. The molecule has 0 aromatic rings. The highest BCUT2D eigenvalue weighted by Gasteiger charge is 2.30. The number of carbonyl (C=O) groups excluding carboxylic acids is 4. The molecule has 0 saturated carbocycles. The topological polar surface area (TPSA) is 237 Å². The van der Waals surface area contributed by atoms with E-state index in [9.17, 15) is 43.2 Å². The summed E-state index contributed by atoms with van der Waals surface area (Å²) in [5, 5.41) is 10.6. The maximum Gasteiger partial charge on any atom is 0.472 e. The van der Waals surface area contributed by atoms with Crippen molar-refractivity contribution in [2.45, 2.75) is 399 Å². The molecule has 0 radical (unpaired) electrons. The van der Waals surface area contributed by atoms with E-state index in [0.717, 1.165) is 109 Å². The van der Waals surface area contributed by atoms with Gasteiger partial charge in [-0.3, -0.25) is 37.3 Å². The first-order valence-corrected chi connectivity index (χ1v) is 40.8. The average Bonchev–Trinajstić information content (AvgIpc) is 3.71. The van der Waals surface area contributed by atoms with E-state index < -0.39 is 97.5 Å². The molecule has 2 unspecified atom stereocenters. The number of hydrogen-bond acceptors (Lipinski definition) is 15. The van der Waals surface area contributed by atoms with Crippen LogP contribution in [0.4, 0.5) is 0 Å². The van der Waals surface area contributed by atoms with E-state index in [0.29, 0.717) is 25.7 Å². The van der Waals surface area contributed by atoms with E-state index in [1.54, 1.807) is 0 Å². The van der Waals surface area contributed by atoms with Gasteiger partial charge < -0.3 is 33.8 Å². The van der Waals surface area contributed by atoms with Crippen molar-refractivity contribution in [2.75, 3.05) is 39.6 Å². The van der Waals surface area contributed by atoms with Crippen LogP contribution in [0.25, 0.3) is 0 Å². The Bertz CT molecular complexity index is 1740. The summed E-state index contributed by atoms with van der Waals surface area (Å²) in [7, 11) is -9.89. The molecule has 0 amide bonds. The van der Waals surface area contributed by atoms with Gasteiger partial charge >= 0.3 is 39.5 Å². The minimum absolute atomic E-state index is 0.105. The van der Waals surface area contributed by atoms with Crippen LogP contribution in [-0.2, 0) is 65.4 Å². The van der Waals surface area contributed by atoms with Crippen molar-refractivity contribution in [1.82, 2.24) is 0 Å². The molecule has 19 heteroatoms. The molecule has 0 rings (SSSR count). The normalized spacial score (nSPS) is 14.0. The first-order valence-electron chi connectivity index (χ1n) is 37.8. The van der Waals surface area contributed by atoms with Gasteiger partial charge in [0.05, 0.1) is 26.4 Å². The first-order chi connectivity index (χ1) is 44.2. The molecule has 0 aliphatic carbocycles. The number of esters is 4. The number of phosphoric ester groups is 2. The van der Waals surface area contributed by atoms with Crippen molar-refractivity contribution < 1.29 is 80.2 Å². The predicted molar refractivity (Wildman–Crippen MR) is 368 cm³/mol. The molecular formula is C72H140O17P2. The Labute approximate surface area is 556 Å². The van der Waals surface area contributed by atoms with E-state index in [1.165, 1.54) is 193 Å². The Morgan fingerprint density at radius 3 is 0.648 bits per heavy atom. The summed E-state index contributed by atoms with van der Waals surface area (Å²) in [6.45, 7) is 4.89. The van der Waals surface area contributed by atoms with E-state index in [2.05, 4.69) is 27.7 Å². The van der Waals surface area contributed by atoms with Crippen LogP contribution < -0.4 is 0 Å². The number of rotatable bonds is 73. The molecule has 0 spiro atoms. The number of carbonyl (C=O) groups is 4. The Morgan fingerprint density at radius 1 is 0.264 bits per heavy atom. The van der Waals surface area contributed by atoms with Crippen LogP contribution >= 0.6 is 15.6 Å². The Kier molecular flexibility index (Phi) is 65.2. The van der Waals surface area contributed by atoms with E-state index in [4.69, 9.17) is 37.0 Å². The molecule has 0 saturated heterocycles. The molecular weight excluding hydrogens is 1200 g/mol. The summed E-state index contributed by atoms with van der Waals surface area (Å²) in [6.07, 6.45) is 55.8. The monoisotopic (exact) mass is 1340 g/mol. The number of unbranched alkanes of at least 4 members (excludes halogenated alkanes) is 47. The second-order valence-electron chi connectivity index (χ2n) is 26.0. The SMILES string of the molecule is CCCCCCCCCCCCCCCCCCCCCC(=O)O[C@H](COC(=O)CCCCCCCCCCCCCCCCCCC)COP(=O)(O)OC[C@@H](O)COP(=O)(O)OC[C@@H](COC(=O)CCCCCCCCC)OC(=O)CCCCCCCCCC. The minimum atomic E-state index is -4.95. The van der Waals surface area contributed by atoms with Gasteiger partial charge in [0.1, 0.15) is 19.3 Å². The third-order valence-electron chi connectivity index (χ3n) is 16.9. The van der Waals surface area contributed by atoms with Crippen LogP contribution in [-0.4, -0.2) is 96.7 Å². The summed E-state index contributed by atoms with van der Waals surface area (Å²) >= 11 is 0. The lowest BCUT2D eigenvalue weighted by Gasteiger charge is -2.21. The second-order valence-corrected chi connectivity index (χ2v) is 28.9. The minimum Gasteiger partial charge on any atom is -0.462 e. The van der Waals surface area contributed by atoms with Gasteiger partial charge in [0, 0.05) is 25.7 Å². The molecule has 0 heterocycles. The van der Waals surface area contributed by atoms with Crippen LogP contribution in [0, 0.1) is 0 Å². The second kappa shape index (κ2) is 66.7. The Hall–Kier alpha value is -1.94. The highest BCUT2D eigenvalue weighted by Crippen LogP contribution is 2.45. The quantitative estimate of drug-likeness (QED) is 0.0222. The number of aliphatic hydroxyl groups is 1. The van der Waals surface area contributed by atoms with Gasteiger partial charge in [-0.1, -0.05) is 329 Å². The van der Waals surface area contributed by atoms with Gasteiger partial charge in [0.15, 0.2) is 12.2 Å². The standard InChI is InChI=1S/C72H140O17P2/c1-5-9-13-17-21-24-26-28-30-32-33-35-37-39-41-43-47-51-55-59-72(77)89-68(63-83-70(75)57-53-49-46-42-40-38-36-34-31-29-27-25-22-18-14-10-6-2)65-87-91(80,81)85-61-66(73)60-84-90(78,79)86-64-67(62-82-69(74)56-52-48-44-20-16-12-8-4)88-71(76)58-54-50-45-23-19-15-11-7-3/h66-68,73H,5-65H2,1-4H3,(H,78,79)(H,80,81)/t66-,67+,68+/m0/s1. The third-order valence-corrected chi connectivity index (χ3v) is 18.8. The smallest absolute Gasteiger partial charge is 0.462 e. The molecule has 0 fully saturated rings. The first kappa shape index (κ1) is 89.1. The lowest BCUT2D eigenvalue weighted by atomic mass is 10.0. The van der Waals surface area contributed by atoms with Crippen molar-refractivity contribution in [2.24, 2.45) is 0 Å². The van der Waals surface area contributed by atoms with Crippen molar-refractivity contribution in [3.05, 3.63) is 0 Å². The van der Waals surface area contributed by atoms with Crippen molar-refractivity contribution in [3.63, 3.8) is 0 Å². The van der Waals surface area contributed by atoms with E-state index in [1.807, 2.05) is 0 Å². The average molecular weight is 1340 g/mol. The van der Waals surface area contributed by atoms with Gasteiger partial charge in [-0.25, -0.2) is 9.13 Å². The van der Waals surface area contributed by atoms with Gasteiger partial charge in [-0.2, -0.15) is 0 Å². The number of aliphatic hydroxyl groups excluding tert-OH is 1. The lowest BCUT2D eigenvalue weighted by Crippen LogP contribution is -2.30. The van der Waals surface area contributed by atoms with Gasteiger partial charge in [-0.05, 0) is 25.7 Å². The fourth-order valence-corrected chi connectivity index (χ4v) is 12.6. The molecule has 0 aliphatic heterocycles. The zero-order valence-corrected chi connectivity index (χ0v) is 60.6. The molecule has 17 nitrogen and oxygen atoms in total. The lowest BCUT2D eigenvalue weighted by molar-refractivity contribution is -0.161. The van der Waals surface area contributed by atoms with Crippen LogP contribution in [0.2, 0.25) is 0 Å². The number of hydrogen-bond donors (Lipinski definition) is 3. The molecule has 3 N–H and O–H groups in total. The van der Waals surface area contributed by atoms with Crippen LogP contribution in [0.3, 0.4) is 0 Å². The van der Waals surface area contributed by atoms with Crippen LogP contribution in [0.15, 0.2) is 0 Å². The van der Waals surface area contributed by atoms with Crippen molar-refractivity contribution in [3.8, 4) is 0 Å². The maximum atomic E-state index is 13.1. The Morgan fingerprint density at radius 2 is 0.440 bits per heavy atom. The molecule has 0 bridgehead atoms. The molecule has 0 aliphatic rings. The number of phosphoric acid groups is 2. The summed E-state index contributed by atoms with van der Waals surface area (Å²) in [5.41, 5.74) is 0. The fourth-order valence-electron chi connectivity index (χ4n) is 11.0. The summed E-state index contributed by atoms with van der Waals surface area (Å²) < 4.78 is 68.2. The zero-order chi connectivity index (χ0) is 66.8. The summed E-state index contributed by atoms with van der Waals surface area (Å²) in [4.78, 5) is 72.4. The van der Waals surface area contributed by atoms with E-state index >= 15 is 0 Å². The van der Waals surface area contributed by atoms with Gasteiger partial charge in [-0.15, -0.1) is 0 Å². The maximum absolute atomic E-state index is 13.1.